The van der Waals surface area contributed by atoms with Crippen LogP contribution in [0, 0.1) is 5.82 Å². The lowest BCUT2D eigenvalue weighted by Crippen LogP contribution is -2.19. The molecule has 1 aromatic heterocycles. The van der Waals surface area contributed by atoms with E-state index in [-0.39, 0.29) is 17.5 Å². The number of nitrogens with one attached hydrogen (secondary N) is 1. The number of benzene rings is 1. The summed E-state index contributed by atoms with van der Waals surface area (Å²) in [7, 11) is 0. The van der Waals surface area contributed by atoms with Crippen molar-refractivity contribution in [3.05, 3.63) is 60.0 Å². The maximum Gasteiger partial charge on any atom is 0.250 e. The molecular formula is C14H12FN3OS. The average Bonchev–Trinajstić information content (AvgIpc) is 2.46. The molecule has 0 radical (unpaired) electrons. The fraction of sp³-hybridized carbons (Fsp3) is 0.0714. The molecule has 0 unspecified atom stereocenters. The second-order valence-electron chi connectivity index (χ2n) is 3.80. The number of aromatic nitrogens is 1. The van der Waals surface area contributed by atoms with Gasteiger partial charge in [0.25, 0.3) is 0 Å². The van der Waals surface area contributed by atoms with Gasteiger partial charge < -0.3 is 0 Å². The molecule has 0 aliphatic rings. The van der Waals surface area contributed by atoms with Crippen molar-refractivity contribution in [2.45, 2.75) is 5.03 Å². The minimum Gasteiger partial charge on any atom is -0.272 e. The first-order valence-corrected chi connectivity index (χ1v) is 6.84. The Labute approximate surface area is 120 Å². The van der Waals surface area contributed by atoms with Crippen molar-refractivity contribution >= 4 is 23.9 Å². The van der Waals surface area contributed by atoms with Crippen LogP contribution >= 0.6 is 11.8 Å². The topological polar surface area (TPSA) is 54.4 Å². The molecule has 0 aliphatic carbocycles. The number of amides is 1. The molecule has 1 aromatic carbocycles. The van der Waals surface area contributed by atoms with Gasteiger partial charge in [0.1, 0.15) is 5.82 Å². The number of hydrogen-bond acceptors (Lipinski definition) is 4. The molecule has 0 saturated heterocycles. The van der Waals surface area contributed by atoms with Crippen molar-refractivity contribution in [2.75, 3.05) is 5.75 Å². The minimum atomic E-state index is -0.342. The molecule has 0 spiro atoms. The van der Waals surface area contributed by atoms with Crippen LogP contribution < -0.4 is 5.43 Å². The van der Waals surface area contributed by atoms with E-state index in [1.54, 1.807) is 18.3 Å². The van der Waals surface area contributed by atoms with Crippen LogP contribution in [-0.2, 0) is 4.79 Å². The molecule has 2 rings (SSSR count). The van der Waals surface area contributed by atoms with Crippen molar-refractivity contribution in [3.63, 3.8) is 0 Å². The van der Waals surface area contributed by atoms with Crippen molar-refractivity contribution in [3.8, 4) is 0 Å². The van der Waals surface area contributed by atoms with Gasteiger partial charge in [0.15, 0.2) is 0 Å². The molecule has 1 N–H and O–H groups in total. The normalized spacial score (nSPS) is 10.7. The van der Waals surface area contributed by atoms with Crippen LogP contribution in [0.4, 0.5) is 4.39 Å². The molecule has 6 heteroatoms. The monoisotopic (exact) mass is 289 g/mol. The van der Waals surface area contributed by atoms with E-state index >= 15 is 0 Å². The molecule has 1 heterocycles. The van der Waals surface area contributed by atoms with Gasteiger partial charge in [-0.25, -0.2) is 14.8 Å². The van der Waals surface area contributed by atoms with E-state index in [1.165, 1.54) is 30.1 Å². The molecule has 4 nitrogen and oxygen atoms in total. The maximum atomic E-state index is 12.9. The average molecular weight is 289 g/mol. The van der Waals surface area contributed by atoms with E-state index < -0.39 is 0 Å². The number of carbonyl (C=O) groups excluding carboxylic acids is 1. The van der Waals surface area contributed by atoms with Gasteiger partial charge in [0.05, 0.1) is 17.0 Å². The smallest absolute Gasteiger partial charge is 0.250 e. The summed E-state index contributed by atoms with van der Waals surface area (Å²) >= 11 is 1.32. The lowest BCUT2D eigenvalue weighted by Gasteiger charge is -1.99. The van der Waals surface area contributed by atoms with E-state index in [0.717, 1.165) is 5.03 Å². The van der Waals surface area contributed by atoms with Crippen molar-refractivity contribution in [1.82, 2.24) is 10.4 Å². The van der Waals surface area contributed by atoms with Crippen LogP contribution in [0.2, 0.25) is 0 Å². The number of thioether (sulfide) groups is 1. The van der Waals surface area contributed by atoms with E-state index in [4.69, 9.17) is 0 Å². The fourth-order valence-corrected chi connectivity index (χ4v) is 2.02. The van der Waals surface area contributed by atoms with Crippen LogP contribution in [0.15, 0.2) is 58.8 Å². The van der Waals surface area contributed by atoms with Crippen LogP contribution in [0.25, 0.3) is 0 Å². The summed E-state index contributed by atoms with van der Waals surface area (Å²) in [6.45, 7) is 0. The number of pyridine rings is 1. The summed E-state index contributed by atoms with van der Waals surface area (Å²) in [5.74, 6) is -0.364. The Morgan fingerprint density at radius 3 is 3.00 bits per heavy atom. The van der Waals surface area contributed by atoms with Crippen LogP contribution in [0.3, 0.4) is 0 Å². The Morgan fingerprint density at radius 2 is 2.25 bits per heavy atom. The van der Waals surface area contributed by atoms with Gasteiger partial charge in [-0.2, -0.15) is 5.10 Å². The lowest BCUT2D eigenvalue weighted by molar-refractivity contribution is -0.118. The highest BCUT2D eigenvalue weighted by Crippen LogP contribution is 2.12. The molecule has 0 bridgehead atoms. The van der Waals surface area contributed by atoms with E-state index in [2.05, 4.69) is 15.5 Å². The second kappa shape index (κ2) is 7.40. The fourth-order valence-electron chi connectivity index (χ4n) is 1.37. The first-order chi connectivity index (χ1) is 9.74. The Balaban J connectivity index is 1.78. The zero-order valence-electron chi connectivity index (χ0n) is 10.5. The van der Waals surface area contributed by atoms with Crippen LogP contribution in [-0.4, -0.2) is 22.9 Å². The minimum absolute atomic E-state index is 0.220. The van der Waals surface area contributed by atoms with Gasteiger partial charge in [-0.15, -0.1) is 0 Å². The van der Waals surface area contributed by atoms with Crippen molar-refractivity contribution in [2.24, 2.45) is 5.10 Å². The van der Waals surface area contributed by atoms with Gasteiger partial charge in [0.2, 0.25) is 5.91 Å². The van der Waals surface area contributed by atoms with E-state index in [0.29, 0.717) is 5.56 Å². The molecule has 20 heavy (non-hydrogen) atoms. The highest BCUT2D eigenvalue weighted by Gasteiger charge is 2.01. The van der Waals surface area contributed by atoms with Gasteiger partial charge >= 0.3 is 0 Å². The molecule has 0 aliphatic heterocycles. The second-order valence-corrected chi connectivity index (χ2v) is 4.80. The summed E-state index contributed by atoms with van der Waals surface area (Å²) in [4.78, 5) is 15.6. The first kappa shape index (κ1) is 14.2. The summed E-state index contributed by atoms with van der Waals surface area (Å²) in [5, 5.41) is 4.54. The Bertz CT molecular complexity index is 604. The molecule has 102 valence electrons. The van der Waals surface area contributed by atoms with Crippen LogP contribution in [0.5, 0.6) is 0 Å². The molecule has 0 saturated carbocycles. The number of hydrogen-bond donors (Lipinski definition) is 1. The largest absolute Gasteiger partial charge is 0.272 e. The Kier molecular flexibility index (Phi) is 5.25. The Morgan fingerprint density at radius 1 is 1.35 bits per heavy atom. The predicted octanol–water partition coefficient (Wildman–Crippen LogP) is 2.46. The highest BCUT2D eigenvalue weighted by atomic mass is 32.2. The van der Waals surface area contributed by atoms with Crippen LogP contribution in [0.1, 0.15) is 5.56 Å². The quantitative estimate of drug-likeness (QED) is 0.522. The number of halogens is 1. The SMILES string of the molecule is O=C(CSc1ccccn1)N/N=C\c1cccc(F)c1. The zero-order valence-corrected chi connectivity index (χ0v) is 11.3. The highest BCUT2D eigenvalue weighted by molar-refractivity contribution is 7.99. The first-order valence-electron chi connectivity index (χ1n) is 5.85. The Hall–Kier alpha value is -2.21. The molecular weight excluding hydrogens is 277 g/mol. The molecule has 0 fully saturated rings. The summed E-state index contributed by atoms with van der Waals surface area (Å²) in [6, 6.07) is 11.4. The summed E-state index contributed by atoms with van der Waals surface area (Å²) in [6.07, 6.45) is 3.06. The number of nitrogens with zero attached hydrogens (tertiary/aromatic N) is 2. The maximum absolute atomic E-state index is 12.9. The van der Waals surface area contributed by atoms with E-state index in [9.17, 15) is 9.18 Å². The van der Waals surface area contributed by atoms with Crippen molar-refractivity contribution < 1.29 is 9.18 Å². The van der Waals surface area contributed by atoms with Gasteiger partial charge in [-0.05, 0) is 29.8 Å². The summed E-state index contributed by atoms with van der Waals surface area (Å²) < 4.78 is 12.9. The van der Waals surface area contributed by atoms with Gasteiger partial charge in [-0.3, -0.25) is 4.79 Å². The lowest BCUT2D eigenvalue weighted by atomic mass is 10.2. The van der Waals surface area contributed by atoms with Gasteiger partial charge in [-0.1, -0.05) is 30.0 Å². The third-order valence-electron chi connectivity index (χ3n) is 2.24. The number of hydrazone groups is 1. The third kappa shape index (κ3) is 4.81. The third-order valence-corrected chi connectivity index (χ3v) is 3.18. The summed E-state index contributed by atoms with van der Waals surface area (Å²) in [5.41, 5.74) is 2.97. The molecule has 0 atom stereocenters. The molecule has 2 aromatic rings. The number of carbonyl (C=O) groups is 1. The van der Waals surface area contributed by atoms with E-state index in [1.807, 2.05) is 18.2 Å². The van der Waals surface area contributed by atoms with Gasteiger partial charge in [0, 0.05) is 6.20 Å². The standard InChI is InChI=1S/C14H12FN3OS/c15-12-5-3-4-11(8-12)9-17-18-13(19)10-20-14-6-1-2-7-16-14/h1-9H,10H2,(H,18,19)/b17-9-. The predicted molar refractivity (Wildman–Crippen MR) is 77.1 cm³/mol. The van der Waals surface area contributed by atoms with Crippen molar-refractivity contribution in [1.29, 1.82) is 0 Å². The number of rotatable bonds is 5. The molecule has 1 amide bonds. The zero-order chi connectivity index (χ0) is 14.2.